The van der Waals surface area contributed by atoms with Crippen LogP contribution in [0.25, 0.3) is 0 Å². The molecule has 0 aliphatic heterocycles. The molecule has 0 fully saturated rings. The number of aryl methyl sites for hydroxylation is 2. The Morgan fingerprint density at radius 1 is 1.07 bits per heavy atom. The van der Waals surface area contributed by atoms with Crippen LogP contribution in [0, 0.1) is 29.8 Å². The van der Waals surface area contributed by atoms with Crippen molar-refractivity contribution in [1.82, 2.24) is 9.97 Å². The average molecular weight is 388 g/mol. The van der Waals surface area contributed by atoms with Gasteiger partial charge in [-0.25, -0.2) is 14.4 Å². The summed E-state index contributed by atoms with van der Waals surface area (Å²) in [7, 11) is 0. The van der Waals surface area contributed by atoms with Crippen molar-refractivity contribution in [2.75, 3.05) is 10.6 Å². The molecule has 0 saturated heterocycles. The third kappa shape index (κ3) is 4.12. The Kier molecular flexibility index (Phi) is 5.18. The van der Waals surface area contributed by atoms with E-state index < -0.39 is 10.7 Å². The minimum atomic E-state index is -0.586. The molecule has 2 N–H and O–H groups in total. The molecule has 0 unspecified atom stereocenters. The maximum absolute atomic E-state index is 13.3. The largest absolute Gasteiger partial charge is 0.353 e. The van der Waals surface area contributed by atoms with Crippen LogP contribution in [0.2, 0.25) is 5.02 Å². The first kappa shape index (κ1) is 18.5. The molecule has 138 valence electrons. The first-order valence-corrected chi connectivity index (χ1v) is 8.28. The van der Waals surface area contributed by atoms with Crippen LogP contribution in [0.3, 0.4) is 0 Å². The average Bonchev–Trinajstić information content (AvgIpc) is 2.61. The van der Waals surface area contributed by atoms with Crippen molar-refractivity contribution in [1.29, 1.82) is 0 Å². The Bertz CT molecular complexity index is 1030. The quantitative estimate of drug-likeness (QED) is 0.457. The molecule has 0 bridgehead atoms. The van der Waals surface area contributed by atoms with Crippen molar-refractivity contribution in [3.05, 3.63) is 74.8 Å². The number of nitro groups is 1. The number of nitrogens with zero attached hydrogens (tertiary/aromatic N) is 3. The van der Waals surface area contributed by atoms with Gasteiger partial charge in [0.15, 0.2) is 0 Å². The van der Waals surface area contributed by atoms with Crippen LogP contribution < -0.4 is 10.6 Å². The van der Waals surface area contributed by atoms with Crippen molar-refractivity contribution in [3.8, 4) is 0 Å². The summed E-state index contributed by atoms with van der Waals surface area (Å²) in [5.41, 5.74) is 2.64. The molecule has 1 aromatic heterocycles. The van der Waals surface area contributed by atoms with Gasteiger partial charge in [0.2, 0.25) is 11.6 Å². The van der Waals surface area contributed by atoms with Crippen LogP contribution in [0.15, 0.2) is 42.7 Å². The molecule has 0 amide bonds. The molecular formula is C18H15ClFN5O2. The summed E-state index contributed by atoms with van der Waals surface area (Å²) in [4.78, 5) is 19.0. The number of rotatable bonds is 5. The first-order chi connectivity index (χ1) is 12.8. The summed E-state index contributed by atoms with van der Waals surface area (Å²) >= 11 is 5.76. The number of aromatic nitrogens is 2. The Balaban J connectivity index is 2.00. The van der Waals surface area contributed by atoms with Gasteiger partial charge in [-0.05, 0) is 49.2 Å². The number of hydrogen-bond donors (Lipinski definition) is 2. The number of hydrogen-bond acceptors (Lipinski definition) is 6. The summed E-state index contributed by atoms with van der Waals surface area (Å²) < 4.78 is 13.3. The van der Waals surface area contributed by atoms with E-state index in [1.165, 1.54) is 18.5 Å². The summed E-state index contributed by atoms with van der Waals surface area (Å²) in [6, 6.07) is 9.61. The molecular weight excluding hydrogens is 373 g/mol. The van der Waals surface area contributed by atoms with E-state index in [4.69, 9.17) is 11.6 Å². The second kappa shape index (κ2) is 7.55. The number of halogens is 2. The van der Waals surface area contributed by atoms with Gasteiger partial charge in [-0.15, -0.1) is 0 Å². The van der Waals surface area contributed by atoms with E-state index in [9.17, 15) is 14.5 Å². The molecule has 2 aromatic carbocycles. The molecule has 0 radical (unpaired) electrons. The highest BCUT2D eigenvalue weighted by atomic mass is 35.5. The fourth-order valence-electron chi connectivity index (χ4n) is 2.44. The lowest BCUT2D eigenvalue weighted by molar-refractivity contribution is -0.383. The Labute approximate surface area is 159 Å². The van der Waals surface area contributed by atoms with Crippen LogP contribution in [0.1, 0.15) is 11.1 Å². The standard InChI is InChI=1S/C18H15ClFN5O2/c1-10-3-4-11(2)15(7-10)24-18-16(25(26)27)17(21-9-22-18)23-12-5-6-14(20)13(19)8-12/h3-9H,1-2H3,(H2,21,22,23,24). The highest BCUT2D eigenvalue weighted by molar-refractivity contribution is 6.31. The predicted molar refractivity (Wildman–Crippen MR) is 103 cm³/mol. The zero-order chi connectivity index (χ0) is 19.6. The van der Waals surface area contributed by atoms with E-state index in [2.05, 4.69) is 20.6 Å². The van der Waals surface area contributed by atoms with Gasteiger partial charge in [0.25, 0.3) is 0 Å². The normalized spacial score (nSPS) is 10.5. The summed E-state index contributed by atoms with van der Waals surface area (Å²) in [5.74, 6) is -0.582. The van der Waals surface area contributed by atoms with Crippen molar-refractivity contribution in [2.24, 2.45) is 0 Å². The highest BCUT2D eigenvalue weighted by Crippen LogP contribution is 2.34. The number of benzene rings is 2. The SMILES string of the molecule is Cc1ccc(C)c(Nc2ncnc(Nc3ccc(F)c(Cl)c3)c2[N+](=O)[O-])c1. The van der Waals surface area contributed by atoms with E-state index in [0.717, 1.165) is 17.2 Å². The lowest BCUT2D eigenvalue weighted by Crippen LogP contribution is -2.06. The maximum Gasteiger partial charge on any atom is 0.353 e. The van der Waals surface area contributed by atoms with E-state index in [0.29, 0.717) is 11.4 Å². The van der Waals surface area contributed by atoms with Crippen LogP contribution >= 0.6 is 11.6 Å². The Morgan fingerprint density at radius 3 is 2.44 bits per heavy atom. The molecule has 0 atom stereocenters. The summed E-state index contributed by atoms with van der Waals surface area (Å²) in [6.07, 6.45) is 1.20. The van der Waals surface area contributed by atoms with E-state index in [-0.39, 0.29) is 22.3 Å². The third-order valence-corrected chi connectivity index (χ3v) is 4.12. The summed E-state index contributed by atoms with van der Waals surface area (Å²) in [6.45, 7) is 3.80. The minimum absolute atomic E-state index is 0.0366. The lowest BCUT2D eigenvalue weighted by Gasteiger charge is -2.12. The fourth-order valence-corrected chi connectivity index (χ4v) is 2.62. The van der Waals surface area contributed by atoms with Crippen LogP contribution in [-0.4, -0.2) is 14.9 Å². The van der Waals surface area contributed by atoms with Crippen LogP contribution in [0.5, 0.6) is 0 Å². The molecule has 7 nitrogen and oxygen atoms in total. The molecule has 0 aliphatic carbocycles. The van der Waals surface area contributed by atoms with E-state index in [1.807, 2.05) is 32.0 Å². The van der Waals surface area contributed by atoms with Gasteiger partial charge >= 0.3 is 5.69 Å². The lowest BCUT2D eigenvalue weighted by atomic mass is 10.1. The number of nitrogens with one attached hydrogen (secondary N) is 2. The monoisotopic (exact) mass is 387 g/mol. The second-order valence-corrected chi connectivity index (χ2v) is 6.28. The van der Waals surface area contributed by atoms with Gasteiger partial charge in [-0.3, -0.25) is 10.1 Å². The first-order valence-electron chi connectivity index (χ1n) is 7.91. The van der Waals surface area contributed by atoms with Crippen LogP contribution in [0.4, 0.5) is 33.1 Å². The van der Waals surface area contributed by atoms with Crippen molar-refractivity contribution >= 4 is 40.3 Å². The predicted octanol–water partition coefficient (Wildman–Crippen LogP) is 5.28. The number of anilines is 4. The van der Waals surface area contributed by atoms with Crippen LogP contribution in [-0.2, 0) is 0 Å². The maximum atomic E-state index is 13.3. The fraction of sp³-hybridized carbons (Fsp3) is 0.111. The van der Waals surface area contributed by atoms with Gasteiger partial charge in [0.1, 0.15) is 12.1 Å². The van der Waals surface area contributed by atoms with Gasteiger partial charge in [0.05, 0.1) is 9.95 Å². The molecule has 0 aliphatic rings. The third-order valence-electron chi connectivity index (χ3n) is 3.83. The smallest absolute Gasteiger partial charge is 0.334 e. The molecule has 3 aromatic rings. The van der Waals surface area contributed by atoms with Gasteiger partial charge in [0, 0.05) is 11.4 Å². The van der Waals surface area contributed by atoms with Gasteiger partial charge < -0.3 is 10.6 Å². The van der Waals surface area contributed by atoms with E-state index in [1.54, 1.807) is 0 Å². The zero-order valence-electron chi connectivity index (χ0n) is 14.5. The van der Waals surface area contributed by atoms with Gasteiger partial charge in [-0.1, -0.05) is 23.7 Å². The molecule has 9 heteroatoms. The topological polar surface area (TPSA) is 93.0 Å². The highest BCUT2D eigenvalue weighted by Gasteiger charge is 2.24. The summed E-state index contributed by atoms with van der Waals surface area (Å²) in [5, 5.41) is 17.3. The second-order valence-electron chi connectivity index (χ2n) is 5.87. The minimum Gasteiger partial charge on any atom is -0.334 e. The van der Waals surface area contributed by atoms with Crippen molar-refractivity contribution in [2.45, 2.75) is 13.8 Å². The molecule has 27 heavy (non-hydrogen) atoms. The van der Waals surface area contributed by atoms with Crippen molar-refractivity contribution in [3.63, 3.8) is 0 Å². The molecule has 1 heterocycles. The molecule has 0 saturated carbocycles. The molecule has 0 spiro atoms. The van der Waals surface area contributed by atoms with E-state index >= 15 is 0 Å². The Morgan fingerprint density at radius 2 is 1.78 bits per heavy atom. The van der Waals surface area contributed by atoms with Crippen molar-refractivity contribution < 1.29 is 9.31 Å². The Hall–Kier alpha value is -3.26. The van der Waals surface area contributed by atoms with Gasteiger partial charge in [-0.2, -0.15) is 0 Å². The molecule has 3 rings (SSSR count). The zero-order valence-corrected chi connectivity index (χ0v) is 15.2.